The third-order valence-corrected chi connectivity index (χ3v) is 3.98. The van der Waals surface area contributed by atoms with Crippen LogP contribution >= 0.6 is 11.6 Å². The Bertz CT molecular complexity index is 885. The van der Waals surface area contributed by atoms with Crippen LogP contribution in [0.3, 0.4) is 0 Å². The summed E-state index contributed by atoms with van der Waals surface area (Å²) in [5.41, 5.74) is 7.69. The standard InChI is InChI=1S/C19H18ClN3O3/c1-25-18(24)5-3-2-4-13-11-16(23-19(21)22-13)12-6-9-17(15(20)10-12)26-14-7-8-14/h6,9-11,14H,3,5,7-8H2,1H3,(H2,21,22,23). The Morgan fingerprint density at radius 1 is 1.35 bits per heavy atom. The predicted molar refractivity (Wildman–Crippen MR) is 98.7 cm³/mol. The second kappa shape index (κ2) is 8.07. The number of carbonyl (C=O) groups excluding carboxylic acids is 1. The fourth-order valence-corrected chi connectivity index (χ4v) is 2.44. The van der Waals surface area contributed by atoms with Gasteiger partial charge in [0.2, 0.25) is 5.95 Å². The van der Waals surface area contributed by atoms with Crippen LogP contribution < -0.4 is 10.5 Å². The maximum Gasteiger partial charge on any atom is 0.306 e. The summed E-state index contributed by atoms with van der Waals surface area (Å²) in [5.74, 6) is 6.26. The van der Waals surface area contributed by atoms with E-state index >= 15 is 0 Å². The van der Waals surface area contributed by atoms with Crippen LogP contribution in [0.25, 0.3) is 11.3 Å². The summed E-state index contributed by atoms with van der Waals surface area (Å²) in [5, 5.41) is 0.525. The lowest BCUT2D eigenvalue weighted by atomic mass is 10.1. The highest BCUT2D eigenvalue weighted by atomic mass is 35.5. The van der Waals surface area contributed by atoms with Gasteiger partial charge in [0.15, 0.2) is 0 Å². The Hall–Kier alpha value is -2.78. The molecular formula is C19H18ClN3O3. The van der Waals surface area contributed by atoms with Crippen LogP contribution in [0, 0.1) is 11.8 Å². The molecule has 1 saturated carbocycles. The van der Waals surface area contributed by atoms with Gasteiger partial charge in [-0.2, -0.15) is 0 Å². The van der Waals surface area contributed by atoms with Gasteiger partial charge in [0.25, 0.3) is 0 Å². The van der Waals surface area contributed by atoms with Crippen molar-refractivity contribution in [2.75, 3.05) is 12.8 Å². The van der Waals surface area contributed by atoms with E-state index < -0.39 is 0 Å². The number of rotatable bonds is 5. The summed E-state index contributed by atoms with van der Waals surface area (Å²) in [7, 11) is 1.35. The van der Waals surface area contributed by atoms with Crippen molar-refractivity contribution in [3.63, 3.8) is 0 Å². The molecule has 1 aliphatic rings. The van der Waals surface area contributed by atoms with Crippen molar-refractivity contribution in [3.8, 4) is 28.8 Å². The summed E-state index contributed by atoms with van der Waals surface area (Å²) < 4.78 is 10.3. The third-order valence-electron chi connectivity index (χ3n) is 3.69. The van der Waals surface area contributed by atoms with E-state index in [1.165, 1.54) is 7.11 Å². The molecule has 2 aromatic rings. The molecule has 134 valence electrons. The molecule has 26 heavy (non-hydrogen) atoms. The highest BCUT2D eigenvalue weighted by Gasteiger charge is 2.24. The van der Waals surface area contributed by atoms with Crippen molar-refractivity contribution in [1.82, 2.24) is 9.97 Å². The van der Waals surface area contributed by atoms with Gasteiger partial charge in [-0.1, -0.05) is 17.5 Å². The first-order valence-corrected chi connectivity index (χ1v) is 8.60. The van der Waals surface area contributed by atoms with Crippen LogP contribution in [-0.4, -0.2) is 29.2 Å². The molecule has 3 rings (SSSR count). The smallest absolute Gasteiger partial charge is 0.306 e. The van der Waals surface area contributed by atoms with E-state index in [9.17, 15) is 4.79 Å². The lowest BCUT2D eigenvalue weighted by molar-refractivity contribution is -0.140. The van der Waals surface area contributed by atoms with E-state index in [-0.39, 0.29) is 24.4 Å². The first kappa shape index (κ1) is 18.0. The van der Waals surface area contributed by atoms with Gasteiger partial charge < -0.3 is 15.2 Å². The second-order valence-corrected chi connectivity index (χ2v) is 6.24. The number of benzene rings is 1. The quantitative estimate of drug-likeness (QED) is 0.641. The fraction of sp³-hybridized carbons (Fsp3) is 0.316. The normalized spacial score (nSPS) is 12.8. The zero-order valence-corrected chi connectivity index (χ0v) is 15.0. The molecule has 2 N–H and O–H groups in total. The largest absolute Gasteiger partial charge is 0.489 e. The molecule has 1 fully saturated rings. The van der Waals surface area contributed by atoms with Gasteiger partial charge >= 0.3 is 5.97 Å². The minimum atomic E-state index is -0.301. The zero-order valence-electron chi connectivity index (χ0n) is 14.3. The Morgan fingerprint density at radius 2 is 2.15 bits per heavy atom. The number of carbonyl (C=O) groups is 1. The van der Waals surface area contributed by atoms with Crippen molar-refractivity contribution in [1.29, 1.82) is 0 Å². The van der Waals surface area contributed by atoms with Crippen molar-refractivity contribution >= 4 is 23.5 Å². The number of methoxy groups -OCH3 is 1. The first-order valence-electron chi connectivity index (χ1n) is 8.22. The predicted octanol–water partition coefficient (Wildman–Crippen LogP) is 3.23. The van der Waals surface area contributed by atoms with E-state index in [2.05, 4.69) is 26.5 Å². The Balaban J connectivity index is 1.77. The van der Waals surface area contributed by atoms with E-state index in [1.807, 2.05) is 12.1 Å². The van der Waals surface area contributed by atoms with Crippen LogP contribution in [-0.2, 0) is 9.53 Å². The highest BCUT2D eigenvalue weighted by molar-refractivity contribution is 6.32. The number of hydrogen-bond acceptors (Lipinski definition) is 6. The molecule has 1 aliphatic carbocycles. The monoisotopic (exact) mass is 371 g/mol. The Morgan fingerprint density at radius 3 is 2.85 bits per heavy atom. The van der Waals surface area contributed by atoms with E-state index in [4.69, 9.17) is 22.1 Å². The van der Waals surface area contributed by atoms with Gasteiger partial charge in [0.05, 0.1) is 30.4 Å². The van der Waals surface area contributed by atoms with E-state index in [0.717, 1.165) is 18.4 Å². The summed E-state index contributed by atoms with van der Waals surface area (Å²) in [6, 6.07) is 7.22. The number of esters is 1. The summed E-state index contributed by atoms with van der Waals surface area (Å²) in [4.78, 5) is 19.4. The third kappa shape index (κ3) is 4.87. The first-order chi connectivity index (χ1) is 12.5. The van der Waals surface area contributed by atoms with Crippen LogP contribution in [0.15, 0.2) is 24.3 Å². The maximum absolute atomic E-state index is 11.1. The van der Waals surface area contributed by atoms with Gasteiger partial charge in [0.1, 0.15) is 11.4 Å². The molecule has 0 unspecified atom stereocenters. The molecule has 0 amide bonds. The SMILES string of the molecule is COC(=O)CCC#Cc1cc(-c2ccc(OC3CC3)c(Cl)c2)nc(N)n1. The molecule has 0 bridgehead atoms. The second-order valence-electron chi connectivity index (χ2n) is 5.84. The lowest BCUT2D eigenvalue weighted by Gasteiger charge is -2.09. The Kier molecular flexibility index (Phi) is 5.59. The van der Waals surface area contributed by atoms with Crippen molar-refractivity contribution in [3.05, 3.63) is 35.0 Å². The number of ether oxygens (including phenoxy) is 2. The van der Waals surface area contributed by atoms with Gasteiger partial charge in [-0.15, -0.1) is 0 Å². The molecule has 6 nitrogen and oxygen atoms in total. The molecule has 7 heteroatoms. The topological polar surface area (TPSA) is 87.3 Å². The van der Waals surface area contributed by atoms with Crippen molar-refractivity contribution in [2.45, 2.75) is 31.8 Å². The summed E-state index contributed by atoms with van der Waals surface area (Å²) in [6.07, 6.45) is 3.02. The van der Waals surface area contributed by atoms with Crippen LogP contribution in [0.2, 0.25) is 5.02 Å². The average Bonchev–Trinajstić information content (AvgIpc) is 3.44. The number of anilines is 1. The summed E-state index contributed by atoms with van der Waals surface area (Å²) in [6.45, 7) is 0. The molecule has 1 heterocycles. The summed E-state index contributed by atoms with van der Waals surface area (Å²) >= 11 is 6.31. The minimum Gasteiger partial charge on any atom is -0.489 e. The number of aromatic nitrogens is 2. The molecule has 0 saturated heterocycles. The van der Waals surface area contributed by atoms with Crippen LogP contribution in [0.1, 0.15) is 31.4 Å². The molecule has 0 atom stereocenters. The minimum absolute atomic E-state index is 0.120. The number of halogens is 1. The molecule has 0 aliphatic heterocycles. The van der Waals surface area contributed by atoms with E-state index in [1.54, 1.807) is 12.1 Å². The average molecular weight is 372 g/mol. The molecule has 1 aromatic carbocycles. The lowest BCUT2D eigenvalue weighted by Crippen LogP contribution is -2.00. The molecule has 1 aromatic heterocycles. The Labute approximate surface area is 156 Å². The molecular weight excluding hydrogens is 354 g/mol. The highest BCUT2D eigenvalue weighted by Crippen LogP contribution is 2.34. The van der Waals surface area contributed by atoms with Gasteiger partial charge in [-0.3, -0.25) is 4.79 Å². The maximum atomic E-state index is 11.1. The molecule has 0 radical (unpaired) electrons. The number of nitrogens with zero attached hydrogens (tertiary/aromatic N) is 2. The number of nitrogens with two attached hydrogens (primary N) is 1. The van der Waals surface area contributed by atoms with Crippen molar-refractivity contribution in [2.24, 2.45) is 0 Å². The van der Waals surface area contributed by atoms with Crippen LogP contribution in [0.4, 0.5) is 5.95 Å². The fourth-order valence-electron chi connectivity index (χ4n) is 2.22. The number of hydrogen-bond donors (Lipinski definition) is 1. The number of nitrogen functional groups attached to an aromatic ring is 1. The van der Waals surface area contributed by atoms with Crippen LogP contribution in [0.5, 0.6) is 5.75 Å². The van der Waals surface area contributed by atoms with Gasteiger partial charge in [-0.05, 0) is 43.0 Å². The van der Waals surface area contributed by atoms with E-state index in [0.29, 0.717) is 28.6 Å². The van der Waals surface area contributed by atoms with Gasteiger partial charge in [-0.25, -0.2) is 9.97 Å². The zero-order chi connectivity index (χ0) is 18.5. The van der Waals surface area contributed by atoms with Gasteiger partial charge in [0, 0.05) is 12.0 Å². The van der Waals surface area contributed by atoms with Crippen molar-refractivity contribution < 1.29 is 14.3 Å². The molecule has 0 spiro atoms.